The topological polar surface area (TPSA) is 135 Å². The monoisotopic (exact) mass is 607 g/mol. The van der Waals surface area contributed by atoms with Gasteiger partial charge in [0, 0.05) is 41.8 Å². The zero-order chi connectivity index (χ0) is 31.0. The summed E-state index contributed by atoms with van der Waals surface area (Å²) in [6.45, 7) is 4.19. The van der Waals surface area contributed by atoms with Crippen molar-refractivity contribution in [1.29, 1.82) is 0 Å². The molecule has 1 aromatic carbocycles. The molecule has 14 heteroatoms. The number of ether oxygens (including phenoxy) is 3. The van der Waals surface area contributed by atoms with Gasteiger partial charge in [-0.15, -0.1) is 0 Å². The maximum atomic E-state index is 14.3. The number of nitrogens with two attached hydrogens (primary N) is 1. The number of fused-ring (bicyclic) bond motifs is 1. The molecule has 0 aliphatic heterocycles. The molecule has 0 bridgehead atoms. The van der Waals surface area contributed by atoms with Crippen molar-refractivity contribution in [3.63, 3.8) is 0 Å². The van der Waals surface area contributed by atoms with Crippen molar-refractivity contribution in [2.75, 3.05) is 26.6 Å². The number of carbonyl (C=O) groups is 1. The van der Waals surface area contributed by atoms with Crippen molar-refractivity contribution in [3.05, 3.63) is 75.8 Å². The standard InChI is InChI=1S/C28H29ClF3N5O5/c1-15-11-34-19(16(2)21(15)40-4)13-37-12-18(20-22(29)35-25(33)36-23(20)37)26(3,39)14-42-24(38)27(41-5,28(30,31)32)17-9-7-6-8-10-17/h6-12,39H,13-14H2,1-5H3,(H2,33,35,36)/t26-,27+/m0/s1. The fourth-order valence-electron chi connectivity index (χ4n) is 4.85. The number of nitrogen functional groups attached to an aromatic ring is 1. The molecule has 0 saturated heterocycles. The Hall–Kier alpha value is -3.94. The highest BCUT2D eigenvalue weighted by Gasteiger charge is 2.64. The molecule has 0 aliphatic rings. The number of hydrogen-bond donors (Lipinski definition) is 2. The Morgan fingerprint density at radius 1 is 1.14 bits per heavy atom. The summed E-state index contributed by atoms with van der Waals surface area (Å²) in [7, 11) is 2.30. The van der Waals surface area contributed by atoms with Crippen molar-refractivity contribution >= 4 is 34.6 Å². The number of halogens is 4. The number of pyridine rings is 1. The highest BCUT2D eigenvalue weighted by atomic mass is 35.5. The summed E-state index contributed by atoms with van der Waals surface area (Å²) >= 11 is 6.42. The third-order valence-corrected chi connectivity index (χ3v) is 7.27. The second-order valence-electron chi connectivity index (χ2n) is 9.89. The lowest BCUT2D eigenvalue weighted by molar-refractivity contribution is -0.278. The van der Waals surface area contributed by atoms with E-state index in [9.17, 15) is 23.1 Å². The van der Waals surface area contributed by atoms with Crippen LogP contribution in [0.15, 0.2) is 42.7 Å². The second kappa shape index (κ2) is 11.4. The minimum absolute atomic E-state index is 0.0850. The van der Waals surface area contributed by atoms with Crippen LogP contribution in [0.25, 0.3) is 11.0 Å². The normalized spacial score (nSPS) is 14.8. The summed E-state index contributed by atoms with van der Waals surface area (Å²) in [5, 5.41) is 11.5. The maximum Gasteiger partial charge on any atom is 0.432 e. The molecule has 0 spiro atoms. The van der Waals surface area contributed by atoms with Gasteiger partial charge >= 0.3 is 12.1 Å². The van der Waals surface area contributed by atoms with Crippen LogP contribution in [0.4, 0.5) is 19.1 Å². The molecule has 0 aliphatic carbocycles. The molecule has 224 valence electrons. The van der Waals surface area contributed by atoms with Gasteiger partial charge in [0.05, 0.1) is 24.7 Å². The first-order valence-electron chi connectivity index (χ1n) is 12.6. The van der Waals surface area contributed by atoms with E-state index in [1.165, 1.54) is 31.3 Å². The van der Waals surface area contributed by atoms with Gasteiger partial charge in [0.25, 0.3) is 5.60 Å². The van der Waals surface area contributed by atoms with Gasteiger partial charge in [0.1, 0.15) is 28.8 Å². The molecule has 0 saturated carbocycles. The molecular weight excluding hydrogens is 579 g/mol. The van der Waals surface area contributed by atoms with E-state index in [0.29, 0.717) is 11.4 Å². The van der Waals surface area contributed by atoms with E-state index < -0.39 is 35.5 Å². The Balaban J connectivity index is 1.74. The fraction of sp³-hybridized carbons (Fsp3) is 0.357. The first kappa shape index (κ1) is 31.0. The number of carbonyl (C=O) groups excluding carboxylic acids is 1. The lowest BCUT2D eigenvalue weighted by Crippen LogP contribution is -2.52. The van der Waals surface area contributed by atoms with Crippen molar-refractivity contribution in [3.8, 4) is 5.75 Å². The summed E-state index contributed by atoms with van der Waals surface area (Å²) in [6.07, 6.45) is -2.05. The van der Waals surface area contributed by atoms with Gasteiger partial charge in [-0.3, -0.25) is 4.98 Å². The van der Waals surface area contributed by atoms with Crippen molar-refractivity contribution in [2.24, 2.45) is 0 Å². The smallest absolute Gasteiger partial charge is 0.432 e. The number of aryl methyl sites for hydroxylation is 1. The lowest BCUT2D eigenvalue weighted by atomic mass is 9.92. The van der Waals surface area contributed by atoms with E-state index in [4.69, 9.17) is 31.5 Å². The predicted octanol–water partition coefficient (Wildman–Crippen LogP) is 4.59. The van der Waals surface area contributed by atoms with Crippen LogP contribution in [-0.2, 0) is 32.0 Å². The molecule has 42 heavy (non-hydrogen) atoms. The zero-order valence-electron chi connectivity index (χ0n) is 23.4. The molecule has 10 nitrogen and oxygen atoms in total. The van der Waals surface area contributed by atoms with Gasteiger partial charge in [0.2, 0.25) is 5.95 Å². The molecule has 0 amide bonds. The number of aliphatic hydroxyl groups is 1. The van der Waals surface area contributed by atoms with Crippen LogP contribution in [0.2, 0.25) is 5.15 Å². The number of rotatable bonds is 9. The van der Waals surface area contributed by atoms with Gasteiger partial charge in [-0.1, -0.05) is 41.9 Å². The average molecular weight is 608 g/mol. The van der Waals surface area contributed by atoms with Crippen LogP contribution in [-0.4, -0.2) is 57.6 Å². The van der Waals surface area contributed by atoms with Gasteiger partial charge < -0.3 is 29.6 Å². The first-order valence-corrected chi connectivity index (χ1v) is 12.9. The Labute approximate surface area is 244 Å². The summed E-state index contributed by atoms with van der Waals surface area (Å²) in [5.74, 6) is -1.26. The summed E-state index contributed by atoms with van der Waals surface area (Å²) in [6, 6.07) is 6.36. The highest BCUT2D eigenvalue weighted by molar-refractivity contribution is 6.34. The Morgan fingerprint density at radius 2 is 1.81 bits per heavy atom. The largest absolute Gasteiger partial charge is 0.496 e. The third-order valence-electron chi connectivity index (χ3n) is 7.00. The Kier molecular flexibility index (Phi) is 8.40. The van der Waals surface area contributed by atoms with E-state index in [0.717, 1.165) is 30.4 Å². The average Bonchev–Trinajstić information content (AvgIpc) is 3.29. The van der Waals surface area contributed by atoms with Crippen LogP contribution in [0.3, 0.4) is 0 Å². The van der Waals surface area contributed by atoms with Crippen molar-refractivity contribution in [2.45, 2.75) is 44.7 Å². The third kappa shape index (κ3) is 5.35. The van der Waals surface area contributed by atoms with Gasteiger partial charge in [0.15, 0.2) is 0 Å². The molecule has 3 aromatic heterocycles. The van der Waals surface area contributed by atoms with Gasteiger partial charge in [-0.05, 0) is 20.8 Å². The number of benzene rings is 1. The SMILES string of the molecule is COc1c(C)cnc(Cn2cc([C@@](C)(O)COC(=O)[C@](OC)(c3ccccc3)C(F)(F)F)c3c(Cl)nc(N)nc32)c1C. The van der Waals surface area contributed by atoms with E-state index in [2.05, 4.69) is 15.0 Å². The number of esters is 1. The molecule has 0 radical (unpaired) electrons. The lowest BCUT2D eigenvalue weighted by Gasteiger charge is -2.33. The summed E-state index contributed by atoms with van der Waals surface area (Å²) < 4.78 is 60.0. The molecule has 3 heterocycles. The number of nitrogens with zero attached hydrogens (tertiary/aromatic N) is 4. The fourth-order valence-corrected chi connectivity index (χ4v) is 5.13. The van der Waals surface area contributed by atoms with E-state index >= 15 is 0 Å². The number of alkyl halides is 3. The molecule has 4 rings (SSSR count). The summed E-state index contributed by atoms with van der Waals surface area (Å²) in [4.78, 5) is 25.8. The molecule has 2 atom stereocenters. The Bertz CT molecular complexity index is 1630. The predicted molar refractivity (Wildman–Crippen MR) is 148 cm³/mol. The highest BCUT2D eigenvalue weighted by Crippen LogP contribution is 2.43. The van der Waals surface area contributed by atoms with E-state index in [-0.39, 0.29) is 34.2 Å². The number of hydrogen-bond acceptors (Lipinski definition) is 9. The zero-order valence-corrected chi connectivity index (χ0v) is 24.2. The molecule has 3 N–H and O–H groups in total. The molecule has 0 unspecified atom stereocenters. The molecule has 4 aromatic rings. The molecule has 0 fully saturated rings. The molecular formula is C28H29ClF3N5O5. The van der Waals surface area contributed by atoms with Crippen LogP contribution in [0, 0.1) is 13.8 Å². The Morgan fingerprint density at radius 3 is 2.40 bits per heavy atom. The van der Waals surface area contributed by atoms with Crippen molar-refractivity contribution < 1.29 is 37.3 Å². The van der Waals surface area contributed by atoms with Crippen molar-refractivity contribution in [1.82, 2.24) is 19.5 Å². The number of methoxy groups -OCH3 is 2. The number of anilines is 1. The minimum atomic E-state index is -5.18. The van der Waals surface area contributed by atoms with E-state index in [1.54, 1.807) is 17.9 Å². The maximum absolute atomic E-state index is 14.3. The van der Waals surface area contributed by atoms with E-state index in [1.807, 2.05) is 13.8 Å². The quantitative estimate of drug-likeness (QED) is 0.207. The first-order chi connectivity index (χ1) is 19.7. The van der Waals surface area contributed by atoms with Crippen LogP contribution < -0.4 is 10.5 Å². The number of aromatic nitrogens is 4. The van der Waals surface area contributed by atoms with Crippen LogP contribution in [0.1, 0.15) is 34.9 Å². The van der Waals surface area contributed by atoms with Gasteiger partial charge in [-0.2, -0.15) is 18.2 Å². The van der Waals surface area contributed by atoms with Crippen LogP contribution >= 0.6 is 11.6 Å². The van der Waals surface area contributed by atoms with Gasteiger partial charge in [-0.25, -0.2) is 9.78 Å². The summed E-state index contributed by atoms with van der Waals surface area (Å²) in [5.41, 5.74) is 2.39. The second-order valence-corrected chi connectivity index (χ2v) is 10.2. The minimum Gasteiger partial charge on any atom is -0.496 e. The van der Waals surface area contributed by atoms with Crippen LogP contribution in [0.5, 0.6) is 5.75 Å².